The van der Waals surface area contributed by atoms with Gasteiger partial charge in [-0.05, 0) is 28.8 Å². The second-order valence-corrected chi connectivity index (χ2v) is 10.9. The topological polar surface area (TPSA) is 106 Å². The van der Waals surface area contributed by atoms with Gasteiger partial charge in [-0.1, -0.05) is 67.6 Å². The first-order valence-electron chi connectivity index (χ1n) is 14.5. The summed E-state index contributed by atoms with van der Waals surface area (Å²) in [5.74, 6) is -0.150. The van der Waals surface area contributed by atoms with Gasteiger partial charge in [0.1, 0.15) is 5.69 Å². The molecule has 0 unspecified atom stereocenters. The summed E-state index contributed by atoms with van der Waals surface area (Å²) in [6.45, 7) is 6.59. The van der Waals surface area contributed by atoms with Crippen LogP contribution >= 0.6 is 0 Å². The third-order valence-corrected chi connectivity index (χ3v) is 8.05. The van der Waals surface area contributed by atoms with E-state index in [9.17, 15) is 9.90 Å². The Morgan fingerprint density at radius 1 is 0.929 bits per heavy atom. The van der Waals surface area contributed by atoms with E-state index in [2.05, 4.69) is 27.1 Å². The molecule has 3 heterocycles. The molecule has 42 heavy (non-hydrogen) atoms. The molecule has 0 aliphatic carbocycles. The number of para-hydroxylation sites is 2. The van der Waals surface area contributed by atoms with Gasteiger partial charge in [-0.2, -0.15) is 0 Å². The van der Waals surface area contributed by atoms with Crippen LogP contribution in [0.2, 0.25) is 0 Å². The predicted molar refractivity (Wildman–Crippen MR) is 157 cm³/mol. The molecule has 1 amide bonds. The van der Waals surface area contributed by atoms with Crippen LogP contribution in [-0.4, -0.2) is 64.8 Å². The number of nitrogens with one attached hydrogen (secondary N) is 1. The number of aliphatic hydroxyl groups is 1. The molecule has 4 atom stereocenters. The van der Waals surface area contributed by atoms with Gasteiger partial charge in [0, 0.05) is 37.7 Å². The molecule has 2 fully saturated rings. The Morgan fingerprint density at radius 3 is 2.36 bits per heavy atom. The van der Waals surface area contributed by atoms with Crippen molar-refractivity contribution >= 4 is 16.9 Å². The number of ether oxygens (including phenoxy) is 3. The van der Waals surface area contributed by atoms with Gasteiger partial charge in [0.2, 0.25) is 0 Å². The minimum Gasteiger partial charge on any atom is -0.392 e. The molecular formula is C33H36N4O5. The van der Waals surface area contributed by atoms with Gasteiger partial charge >= 0.3 is 0 Å². The average molecular weight is 569 g/mol. The SMILES string of the molecule is C[C@@H]1[C@H](CN2CCOCC2)O[C@H](c2ccc(CNC(=O)c3cnc4ccccc4n3)cc2)O[C@@H]1c1ccc(CO)cc1. The number of amides is 1. The molecule has 2 N–H and O–H groups in total. The second-order valence-electron chi connectivity index (χ2n) is 10.9. The normalized spacial score (nSPS) is 23.1. The fourth-order valence-electron chi connectivity index (χ4n) is 5.50. The van der Waals surface area contributed by atoms with Crippen LogP contribution in [0, 0.1) is 5.92 Å². The minimum atomic E-state index is -0.536. The standard InChI is InChI=1S/C33H36N4O5/c1-22-30(20-37-14-16-40-17-15-37)41-33(42-31(22)25-10-8-24(21-38)9-11-25)26-12-6-23(7-13-26)18-35-32(39)29-19-34-27-4-2-3-5-28(27)36-29/h2-13,19,22,30-31,33,38H,14-18,20-21H2,1H3,(H,35,39)/t22-,30+,31+,33+/m1/s1. The van der Waals surface area contributed by atoms with E-state index in [1.807, 2.05) is 72.8 Å². The summed E-state index contributed by atoms with van der Waals surface area (Å²) in [4.78, 5) is 23.9. The van der Waals surface area contributed by atoms with Crippen LogP contribution in [0.3, 0.4) is 0 Å². The van der Waals surface area contributed by atoms with Crippen molar-refractivity contribution in [2.24, 2.45) is 5.92 Å². The molecule has 2 aliphatic heterocycles. The zero-order chi connectivity index (χ0) is 28.9. The molecule has 9 heteroatoms. The van der Waals surface area contributed by atoms with Crippen molar-refractivity contribution in [1.82, 2.24) is 20.2 Å². The summed E-state index contributed by atoms with van der Waals surface area (Å²) in [6.07, 6.45) is 0.767. The zero-order valence-electron chi connectivity index (χ0n) is 23.7. The van der Waals surface area contributed by atoms with Crippen LogP contribution in [-0.2, 0) is 27.4 Å². The summed E-state index contributed by atoms with van der Waals surface area (Å²) in [6, 6.07) is 23.4. The lowest BCUT2D eigenvalue weighted by atomic mass is 9.90. The van der Waals surface area contributed by atoms with Crippen LogP contribution in [0.25, 0.3) is 11.0 Å². The number of benzene rings is 3. The number of rotatable bonds is 8. The highest BCUT2D eigenvalue weighted by Gasteiger charge is 2.39. The highest BCUT2D eigenvalue weighted by molar-refractivity contribution is 5.93. The Bertz CT molecular complexity index is 1490. The van der Waals surface area contributed by atoms with Gasteiger partial charge in [-0.25, -0.2) is 4.98 Å². The van der Waals surface area contributed by atoms with Gasteiger partial charge in [-0.15, -0.1) is 0 Å². The molecular weight excluding hydrogens is 532 g/mol. The van der Waals surface area contributed by atoms with Gasteiger partial charge in [-0.3, -0.25) is 14.7 Å². The zero-order valence-corrected chi connectivity index (χ0v) is 23.7. The molecule has 218 valence electrons. The largest absolute Gasteiger partial charge is 0.392 e. The Labute approximate surface area is 245 Å². The molecule has 2 saturated heterocycles. The van der Waals surface area contributed by atoms with Crippen LogP contribution in [0.4, 0.5) is 0 Å². The maximum Gasteiger partial charge on any atom is 0.271 e. The highest BCUT2D eigenvalue weighted by Crippen LogP contribution is 2.42. The summed E-state index contributed by atoms with van der Waals surface area (Å²) >= 11 is 0. The van der Waals surface area contributed by atoms with Crippen LogP contribution in [0.15, 0.2) is 79.0 Å². The molecule has 0 spiro atoms. The lowest BCUT2D eigenvalue weighted by Gasteiger charge is -2.43. The quantitative estimate of drug-likeness (QED) is 0.326. The van der Waals surface area contributed by atoms with Crippen LogP contribution in [0.1, 0.15) is 52.1 Å². The first-order valence-corrected chi connectivity index (χ1v) is 14.5. The average Bonchev–Trinajstić information content (AvgIpc) is 3.05. The van der Waals surface area contributed by atoms with Crippen molar-refractivity contribution in [1.29, 1.82) is 0 Å². The van der Waals surface area contributed by atoms with E-state index in [1.54, 1.807) is 0 Å². The molecule has 0 saturated carbocycles. The Morgan fingerprint density at radius 2 is 1.62 bits per heavy atom. The van der Waals surface area contributed by atoms with E-state index < -0.39 is 6.29 Å². The third kappa shape index (κ3) is 6.51. The number of carbonyl (C=O) groups is 1. The molecule has 6 rings (SSSR count). The van der Waals surface area contributed by atoms with Crippen molar-refractivity contribution in [3.8, 4) is 0 Å². The number of hydrogen-bond acceptors (Lipinski definition) is 8. The smallest absolute Gasteiger partial charge is 0.271 e. The number of carbonyl (C=O) groups excluding carboxylic acids is 1. The summed E-state index contributed by atoms with van der Waals surface area (Å²) in [7, 11) is 0. The Kier molecular flexibility index (Phi) is 8.83. The van der Waals surface area contributed by atoms with Crippen LogP contribution < -0.4 is 5.32 Å². The molecule has 2 aliphatic rings. The second kappa shape index (κ2) is 13.1. The van der Waals surface area contributed by atoms with Crippen molar-refractivity contribution in [3.05, 3.63) is 107 Å². The number of nitrogens with zero attached hydrogens (tertiary/aromatic N) is 3. The number of hydrogen-bond donors (Lipinski definition) is 2. The monoisotopic (exact) mass is 568 g/mol. The Hall–Kier alpha value is -3.73. The predicted octanol–water partition coefficient (Wildman–Crippen LogP) is 4.18. The number of morpholine rings is 1. The molecule has 0 radical (unpaired) electrons. The highest BCUT2D eigenvalue weighted by atomic mass is 16.7. The van der Waals surface area contributed by atoms with E-state index in [0.717, 1.165) is 60.6 Å². The lowest BCUT2D eigenvalue weighted by molar-refractivity contribution is -0.277. The molecule has 1 aromatic heterocycles. The Balaban J connectivity index is 1.14. The van der Waals surface area contributed by atoms with Crippen molar-refractivity contribution in [2.45, 2.75) is 38.6 Å². The van der Waals surface area contributed by atoms with Gasteiger partial charge in [0.25, 0.3) is 5.91 Å². The van der Waals surface area contributed by atoms with Gasteiger partial charge < -0.3 is 24.6 Å². The maximum atomic E-state index is 12.7. The number of aliphatic hydroxyl groups excluding tert-OH is 1. The first kappa shape index (κ1) is 28.4. The lowest BCUT2D eigenvalue weighted by Crippen LogP contribution is -2.47. The first-order chi connectivity index (χ1) is 20.6. The summed E-state index contributed by atoms with van der Waals surface area (Å²) in [5.41, 5.74) is 5.53. The molecule has 3 aromatic carbocycles. The van der Waals surface area contributed by atoms with Crippen molar-refractivity contribution in [3.63, 3.8) is 0 Å². The fourth-order valence-corrected chi connectivity index (χ4v) is 5.50. The van der Waals surface area contributed by atoms with Gasteiger partial charge in [0.15, 0.2) is 6.29 Å². The summed E-state index contributed by atoms with van der Waals surface area (Å²) in [5, 5.41) is 12.4. The van der Waals surface area contributed by atoms with E-state index in [-0.39, 0.29) is 36.3 Å². The maximum absolute atomic E-state index is 12.7. The minimum absolute atomic E-state index is 0.00914. The molecule has 0 bridgehead atoms. The number of fused-ring (bicyclic) bond motifs is 1. The van der Waals surface area contributed by atoms with E-state index in [0.29, 0.717) is 12.1 Å². The van der Waals surface area contributed by atoms with Crippen molar-refractivity contribution < 1.29 is 24.1 Å². The van der Waals surface area contributed by atoms with E-state index >= 15 is 0 Å². The third-order valence-electron chi connectivity index (χ3n) is 8.05. The number of aromatic nitrogens is 2. The van der Waals surface area contributed by atoms with Gasteiger partial charge in [0.05, 0.1) is 49.3 Å². The fraction of sp³-hybridized carbons (Fsp3) is 0.364. The summed E-state index contributed by atoms with van der Waals surface area (Å²) < 4.78 is 18.7. The molecule has 9 nitrogen and oxygen atoms in total. The van der Waals surface area contributed by atoms with Crippen molar-refractivity contribution in [2.75, 3.05) is 32.8 Å². The van der Waals surface area contributed by atoms with E-state index in [4.69, 9.17) is 14.2 Å². The molecule has 4 aromatic rings. The van der Waals surface area contributed by atoms with E-state index in [1.165, 1.54) is 6.20 Å². The van der Waals surface area contributed by atoms with Crippen LogP contribution in [0.5, 0.6) is 0 Å².